The first-order chi connectivity index (χ1) is 7.75. The Hall–Kier alpha value is 0.1000. The maximum Gasteiger partial charge on any atom is 0.0701 e. The maximum atomic E-state index is 6.10. The summed E-state index contributed by atoms with van der Waals surface area (Å²) in [6, 6.07) is 5.21. The third-order valence-electron chi connectivity index (χ3n) is 3.23. The van der Waals surface area contributed by atoms with Crippen molar-refractivity contribution in [1.29, 1.82) is 0 Å². The molecule has 1 aromatic rings. The van der Waals surface area contributed by atoms with Gasteiger partial charge in [-0.2, -0.15) is 0 Å². The molecule has 4 heteroatoms. The number of nitrogens with two attached hydrogens (primary N) is 1. The molecule has 0 bridgehead atoms. The zero-order valence-corrected chi connectivity index (χ0v) is 11.8. The molecule has 0 spiro atoms. The number of halogens is 1. The van der Waals surface area contributed by atoms with E-state index in [1.807, 2.05) is 11.3 Å². The van der Waals surface area contributed by atoms with Crippen molar-refractivity contribution in [2.45, 2.75) is 44.2 Å². The predicted molar refractivity (Wildman–Crippen MR) is 74.0 cm³/mol. The van der Waals surface area contributed by atoms with E-state index >= 15 is 0 Å². The molecule has 90 valence electrons. The van der Waals surface area contributed by atoms with Crippen molar-refractivity contribution in [3.8, 4) is 0 Å². The lowest BCUT2D eigenvalue weighted by Crippen LogP contribution is -2.47. The highest BCUT2D eigenvalue weighted by Crippen LogP contribution is 2.22. The average Bonchev–Trinajstić information content (AvgIpc) is 2.67. The smallest absolute Gasteiger partial charge is 0.0701 e. The molecule has 2 nitrogen and oxygen atoms in total. The molecule has 0 aromatic carbocycles. The van der Waals surface area contributed by atoms with Crippen molar-refractivity contribution >= 4 is 27.3 Å². The zero-order chi connectivity index (χ0) is 11.4. The molecule has 0 saturated heterocycles. The zero-order valence-electron chi connectivity index (χ0n) is 9.42. The summed E-state index contributed by atoms with van der Waals surface area (Å²) in [5, 5.41) is 3.60. The first-order valence-electron chi connectivity index (χ1n) is 5.99. The molecule has 2 atom stereocenters. The lowest BCUT2D eigenvalue weighted by Gasteiger charge is -2.29. The highest BCUT2D eigenvalue weighted by Gasteiger charge is 2.20. The average molecular weight is 303 g/mol. The SMILES string of the molecule is NC1CCCCC1NCCc1ccc(Br)s1. The van der Waals surface area contributed by atoms with E-state index in [9.17, 15) is 0 Å². The molecule has 0 aliphatic heterocycles. The van der Waals surface area contributed by atoms with E-state index in [1.165, 1.54) is 34.3 Å². The molecule has 1 saturated carbocycles. The molecule has 2 unspecified atom stereocenters. The Kier molecular flexibility index (Phi) is 4.82. The summed E-state index contributed by atoms with van der Waals surface area (Å²) in [5.74, 6) is 0. The van der Waals surface area contributed by atoms with Crippen LogP contribution in [0.1, 0.15) is 30.6 Å². The highest BCUT2D eigenvalue weighted by molar-refractivity contribution is 9.11. The first-order valence-corrected chi connectivity index (χ1v) is 7.60. The van der Waals surface area contributed by atoms with Crippen LogP contribution in [0.15, 0.2) is 15.9 Å². The fourth-order valence-corrected chi connectivity index (χ4v) is 3.76. The molecule has 0 amide bonds. The molecule has 1 fully saturated rings. The van der Waals surface area contributed by atoms with Gasteiger partial charge in [-0.3, -0.25) is 0 Å². The normalized spacial score (nSPS) is 25.9. The van der Waals surface area contributed by atoms with Crippen molar-refractivity contribution in [2.75, 3.05) is 6.54 Å². The molecule has 3 N–H and O–H groups in total. The largest absolute Gasteiger partial charge is 0.326 e. The monoisotopic (exact) mass is 302 g/mol. The van der Waals surface area contributed by atoms with Gasteiger partial charge in [-0.15, -0.1) is 11.3 Å². The van der Waals surface area contributed by atoms with Gasteiger partial charge in [0.25, 0.3) is 0 Å². The van der Waals surface area contributed by atoms with E-state index in [1.54, 1.807) is 0 Å². The molecule has 0 radical (unpaired) electrons. The molecule has 1 heterocycles. The maximum absolute atomic E-state index is 6.10. The number of hydrogen-bond donors (Lipinski definition) is 2. The van der Waals surface area contributed by atoms with E-state index in [2.05, 4.69) is 33.4 Å². The van der Waals surface area contributed by atoms with E-state index in [4.69, 9.17) is 5.73 Å². The predicted octanol–water partition coefficient (Wildman–Crippen LogP) is 2.91. The minimum Gasteiger partial charge on any atom is -0.326 e. The van der Waals surface area contributed by atoms with Gasteiger partial charge in [-0.25, -0.2) is 0 Å². The van der Waals surface area contributed by atoms with Crippen molar-refractivity contribution < 1.29 is 0 Å². The molecule has 16 heavy (non-hydrogen) atoms. The van der Waals surface area contributed by atoms with Gasteiger partial charge >= 0.3 is 0 Å². The lowest BCUT2D eigenvalue weighted by atomic mass is 9.91. The quantitative estimate of drug-likeness (QED) is 0.897. The van der Waals surface area contributed by atoms with E-state index in [0.717, 1.165) is 13.0 Å². The van der Waals surface area contributed by atoms with Crippen LogP contribution < -0.4 is 11.1 Å². The first kappa shape index (κ1) is 12.6. The van der Waals surface area contributed by atoms with Crippen LogP contribution in [0.2, 0.25) is 0 Å². The summed E-state index contributed by atoms with van der Waals surface area (Å²) in [5.41, 5.74) is 6.10. The molecular formula is C12H19BrN2S. The summed E-state index contributed by atoms with van der Waals surface area (Å²) in [6.07, 6.45) is 6.17. The van der Waals surface area contributed by atoms with Crippen LogP contribution in [0.5, 0.6) is 0 Å². The van der Waals surface area contributed by atoms with Gasteiger partial charge < -0.3 is 11.1 Å². The van der Waals surface area contributed by atoms with Crippen LogP contribution in [0.3, 0.4) is 0 Å². The third kappa shape index (κ3) is 3.55. The Morgan fingerprint density at radius 1 is 1.38 bits per heavy atom. The molecule has 2 rings (SSSR count). The van der Waals surface area contributed by atoms with Crippen molar-refractivity contribution in [1.82, 2.24) is 5.32 Å². The minimum atomic E-state index is 0.365. The van der Waals surface area contributed by atoms with Gasteiger partial charge in [0.05, 0.1) is 3.79 Å². The summed E-state index contributed by atoms with van der Waals surface area (Å²) in [7, 11) is 0. The summed E-state index contributed by atoms with van der Waals surface area (Å²) < 4.78 is 1.22. The lowest BCUT2D eigenvalue weighted by molar-refractivity contribution is 0.330. The fourth-order valence-electron chi connectivity index (χ4n) is 2.28. The second-order valence-electron chi connectivity index (χ2n) is 4.46. The Morgan fingerprint density at radius 3 is 2.88 bits per heavy atom. The topological polar surface area (TPSA) is 38.0 Å². The van der Waals surface area contributed by atoms with Gasteiger partial charge in [0, 0.05) is 23.5 Å². The summed E-state index contributed by atoms with van der Waals surface area (Å²) >= 11 is 5.31. The van der Waals surface area contributed by atoms with E-state index in [0.29, 0.717) is 12.1 Å². The van der Waals surface area contributed by atoms with Gasteiger partial charge in [-0.05, 0) is 47.3 Å². The van der Waals surface area contributed by atoms with Crippen LogP contribution in [-0.2, 0) is 6.42 Å². The van der Waals surface area contributed by atoms with Crippen LogP contribution in [0.4, 0.5) is 0 Å². The Labute approximate surface area is 110 Å². The number of thiophene rings is 1. The fraction of sp³-hybridized carbons (Fsp3) is 0.667. The standard InChI is InChI=1S/C12H19BrN2S/c13-12-6-5-9(16-12)7-8-15-11-4-2-1-3-10(11)14/h5-6,10-11,15H,1-4,7-8,14H2. The van der Waals surface area contributed by atoms with E-state index < -0.39 is 0 Å². The summed E-state index contributed by atoms with van der Waals surface area (Å²) in [4.78, 5) is 1.43. The van der Waals surface area contributed by atoms with Crippen LogP contribution in [0.25, 0.3) is 0 Å². The minimum absolute atomic E-state index is 0.365. The van der Waals surface area contributed by atoms with E-state index in [-0.39, 0.29) is 0 Å². The van der Waals surface area contributed by atoms with Crippen molar-refractivity contribution in [2.24, 2.45) is 5.73 Å². The Morgan fingerprint density at radius 2 is 2.19 bits per heavy atom. The van der Waals surface area contributed by atoms with Crippen molar-refractivity contribution in [3.63, 3.8) is 0 Å². The van der Waals surface area contributed by atoms with Crippen LogP contribution in [-0.4, -0.2) is 18.6 Å². The van der Waals surface area contributed by atoms with Crippen LogP contribution in [0, 0.1) is 0 Å². The molecule has 1 aliphatic rings. The Balaban J connectivity index is 1.71. The molecule has 1 aliphatic carbocycles. The van der Waals surface area contributed by atoms with Gasteiger partial charge in [0.1, 0.15) is 0 Å². The Bertz CT molecular complexity index is 327. The number of nitrogens with one attached hydrogen (secondary N) is 1. The number of hydrogen-bond acceptors (Lipinski definition) is 3. The summed E-state index contributed by atoms with van der Waals surface area (Å²) in [6.45, 7) is 1.05. The molecule has 1 aromatic heterocycles. The van der Waals surface area contributed by atoms with Gasteiger partial charge in [0.2, 0.25) is 0 Å². The van der Waals surface area contributed by atoms with Gasteiger partial charge in [-0.1, -0.05) is 12.8 Å². The van der Waals surface area contributed by atoms with Crippen LogP contribution >= 0.6 is 27.3 Å². The second-order valence-corrected chi connectivity index (χ2v) is 7.01. The molecular weight excluding hydrogens is 284 g/mol. The second kappa shape index (κ2) is 6.15. The number of rotatable bonds is 4. The third-order valence-corrected chi connectivity index (χ3v) is 4.91. The highest BCUT2D eigenvalue weighted by atomic mass is 79.9. The van der Waals surface area contributed by atoms with Gasteiger partial charge in [0.15, 0.2) is 0 Å². The van der Waals surface area contributed by atoms with Crippen molar-refractivity contribution in [3.05, 3.63) is 20.8 Å².